The molecule has 0 saturated carbocycles. The number of hydrogen-bond donors (Lipinski definition) is 2. The summed E-state index contributed by atoms with van der Waals surface area (Å²) in [6.07, 6.45) is 0. The molecule has 0 bridgehead atoms. The van der Waals surface area contributed by atoms with Crippen LogP contribution in [0.3, 0.4) is 0 Å². The number of nitrogens with one attached hydrogen (secondary N) is 2. The van der Waals surface area contributed by atoms with E-state index in [0.29, 0.717) is 31.2 Å². The Labute approximate surface area is 168 Å². The van der Waals surface area contributed by atoms with E-state index < -0.39 is 4.92 Å². The van der Waals surface area contributed by atoms with Gasteiger partial charge in [-0.2, -0.15) is 0 Å². The molecule has 1 aliphatic heterocycles. The number of anilines is 1. The summed E-state index contributed by atoms with van der Waals surface area (Å²) in [5.41, 5.74) is 1.32. The molecule has 9 nitrogen and oxygen atoms in total. The zero-order chi connectivity index (χ0) is 21.0. The summed E-state index contributed by atoms with van der Waals surface area (Å²) in [4.78, 5) is 24.1. The molecule has 9 heteroatoms. The summed E-state index contributed by atoms with van der Waals surface area (Å²) >= 11 is 0. The number of nitro benzene ring substituents is 1. The molecule has 0 radical (unpaired) electrons. The van der Waals surface area contributed by atoms with Crippen LogP contribution in [0.5, 0.6) is 17.2 Å². The molecule has 2 aromatic rings. The van der Waals surface area contributed by atoms with Gasteiger partial charge in [0.2, 0.25) is 0 Å². The second-order valence-corrected chi connectivity index (χ2v) is 6.85. The number of carbonyl (C=O) groups excluding carboxylic acids is 1. The van der Waals surface area contributed by atoms with Crippen LogP contribution in [0.2, 0.25) is 0 Å². The summed E-state index contributed by atoms with van der Waals surface area (Å²) in [6, 6.07) is 9.48. The van der Waals surface area contributed by atoms with Crippen molar-refractivity contribution in [3.8, 4) is 17.2 Å². The van der Waals surface area contributed by atoms with E-state index in [0.717, 1.165) is 16.2 Å². The lowest BCUT2D eigenvalue weighted by molar-refractivity contribution is -0.907. The molecule has 0 saturated heterocycles. The van der Waals surface area contributed by atoms with Crippen molar-refractivity contribution in [2.45, 2.75) is 19.5 Å². The molecule has 3 rings (SSSR count). The predicted molar refractivity (Wildman–Crippen MR) is 106 cm³/mol. The van der Waals surface area contributed by atoms with Gasteiger partial charge in [-0.25, -0.2) is 0 Å². The van der Waals surface area contributed by atoms with Crippen LogP contribution in [-0.4, -0.2) is 44.2 Å². The van der Waals surface area contributed by atoms with E-state index in [1.165, 1.54) is 25.3 Å². The zero-order valence-electron chi connectivity index (χ0n) is 16.6. The van der Waals surface area contributed by atoms with Gasteiger partial charge < -0.3 is 24.4 Å². The van der Waals surface area contributed by atoms with Gasteiger partial charge in [-0.3, -0.25) is 14.9 Å². The van der Waals surface area contributed by atoms with Crippen molar-refractivity contribution in [3.63, 3.8) is 0 Å². The Morgan fingerprint density at radius 1 is 1.24 bits per heavy atom. The monoisotopic (exact) mass is 402 g/mol. The second kappa shape index (κ2) is 8.78. The molecule has 1 unspecified atom stereocenters. The Balaban J connectivity index is 1.66. The summed E-state index contributed by atoms with van der Waals surface area (Å²) in [6.45, 7) is 3.50. The Morgan fingerprint density at radius 3 is 2.66 bits per heavy atom. The number of ether oxygens (including phenoxy) is 3. The number of fused-ring (bicyclic) bond motifs is 1. The van der Waals surface area contributed by atoms with E-state index in [1.807, 2.05) is 32.2 Å². The maximum absolute atomic E-state index is 12.7. The largest absolute Gasteiger partial charge is 0.494 e. The molecule has 0 aromatic heterocycles. The molecule has 2 atom stereocenters. The maximum Gasteiger partial charge on any atom is 0.282 e. The van der Waals surface area contributed by atoms with E-state index >= 15 is 0 Å². The van der Waals surface area contributed by atoms with Gasteiger partial charge in [-0.1, -0.05) is 0 Å². The summed E-state index contributed by atoms with van der Waals surface area (Å²) in [5.74, 6) is 1.47. The number of nitrogens with zero attached hydrogens (tertiary/aromatic N) is 1. The topological polar surface area (TPSA) is 104 Å². The van der Waals surface area contributed by atoms with E-state index in [1.54, 1.807) is 0 Å². The number of carbonyl (C=O) groups is 1. The third-order valence-electron chi connectivity index (χ3n) is 4.88. The molecule has 1 heterocycles. The van der Waals surface area contributed by atoms with Crippen LogP contribution in [0.25, 0.3) is 0 Å². The highest BCUT2D eigenvalue weighted by Crippen LogP contribution is 2.31. The van der Waals surface area contributed by atoms with Gasteiger partial charge in [-0.15, -0.1) is 0 Å². The van der Waals surface area contributed by atoms with Crippen LogP contribution in [0, 0.1) is 10.1 Å². The molecule has 29 heavy (non-hydrogen) atoms. The Hall–Kier alpha value is -3.33. The van der Waals surface area contributed by atoms with E-state index in [4.69, 9.17) is 14.2 Å². The summed E-state index contributed by atoms with van der Waals surface area (Å²) in [7, 11) is 3.32. The average molecular weight is 402 g/mol. The number of likely N-dealkylation sites (N-methyl/N-ethyl adjacent to an activating group) is 1. The molecule has 154 valence electrons. The summed E-state index contributed by atoms with van der Waals surface area (Å²) in [5, 5.41) is 13.7. The highest BCUT2D eigenvalue weighted by Gasteiger charge is 2.24. The number of methoxy groups -OCH3 is 1. The number of benzene rings is 2. The predicted octanol–water partition coefficient (Wildman–Crippen LogP) is 1.42. The van der Waals surface area contributed by atoms with E-state index in [-0.39, 0.29) is 23.4 Å². The average Bonchev–Trinajstić information content (AvgIpc) is 2.73. The first-order valence-electron chi connectivity index (χ1n) is 9.23. The number of nitro groups is 1. The van der Waals surface area contributed by atoms with Crippen LogP contribution >= 0.6 is 0 Å². The number of non-ortho nitro benzene ring substituents is 1. The van der Waals surface area contributed by atoms with E-state index in [9.17, 15) is 14.9 Å². The lowest BCUT2D eigenvalue weighted by Crippen LogP contribution is -3.12. The van der Waals surface area contributed by atoms with Crippen LogP contribution < -0.4 is 24.4 Å². The highest BCUT2D eigenvalue weighted by atomic mass is 16.6. The molecule has 2 N–H and O–H groups in total. The minimum atomic E-state index is -0.512. The van der Waals surface area contributed by atoms with Crippen molar-refractivity contribution in [2.24, 2.45) is 0 Å². The Kier molecular flexibility index (Phi) is 6.18. The molecular weight excluding hydrogens is 378 g/mol. The molecule has 1 aliphatic rings. The van der Waals surface area contributed by atoms with Gasteiger partial charge in [0.1, 0.15) is 25.5 Å². The molecule has 2 aromatic carbocycles. The first-order chi connectivity index (χ1) is 13.9. The standard InChI is InChI=1S/C20H23N3O6/c1-13(20(24)21-16-6-5-15(23(25)26)11-18(16)27-3)22(2)12-14-4-7-17-19(10-14)29-9-8-28-17/h4-7,10-11,13H,8-9,12H2,1-3H3,(H,21,24)/p+1/t13-/m1/s1. The van der Waals surface area contributed by atoms with E-state index in [2.05, 4.69) is 5.32 Å². The van der Waals surface area contributed by atoms with Crippen molar-refractivity contribution in [1.29, 1.82) is 0 Å². The third kappa shape index (κ3) is 4.75. The second-order valence-electron chi connectivity index (χ2n) is 6.85. The summed E-state index contributed by atoms with van der Waals surface area (Å²) < 4.78 is 16.3. The van der Waals surface area contributed by atoms with Crippen molar-refractivity contribution in [3.05, 3.63) is 52.1 Å². The van der Waals surface area contributed by atoms with Crippen LogP contribution in [-0.2, 0) is 11.3 Å². The van der Waals surface area contributed by atoms with Gasteiger partial charge in [0, 0.05) is 11.6 Å². The molecular formula is C20H24N3O6+. The third-order valence-corrected chi connectivity index (χ3v) is 4.88. The lowest BCUT2D eigenvalue weighted by atomic mass is 10.1. The van der Waals surface area contributed by atoms with Crippen molar-refractivity contribution >= 4 is 17.3 Å². The van der Waals surface area contributed by atoms with Crippen molar-refractivity contribution in [1.82, 2.24) is 0 Å². The van der Waals surface area contributed by atoms with Crippen LogP contribution in [0.15, 0.2) is 36.4 Å². The Morgan fingerprint density at radius 2 is 1.97 bits per heavy atom. The van der Waals surface area contributed by atoms with Crippen LogP contribution in [0.1, 0.15) is 12.5 Å². The minimum absolute atomic E-state index is 0.103. The van der Waals surface area contributed by atoms with Gasteiger partial charge in [0.15, 0.2) is 17.5 Å². The number of amides is 1. The lowest BCUT2D eigenvalue weighted by Gasteiger charge is -2.23. The van der Waals surface area contributed by atoms with Gasteiger partial charge in [0.25, 0.3) is 11.6 Å². The Bertz CT molecular complexity index is 917. The molecule has 0 aliphatic carbocycles. The molecule has 1 amide bonds. The molecule has 0 spiro atoms. The number of hydrogen-bond acceptors (Lipinski definition) is 6. The highest BCUT2D eigenvalue weighted by molar-refractivity contribution is 5.95. The van der Waals surface area contributed by atoms with Crippen molar-refractivity contribution < 1.29 is 28.8 Å². The smallest absolute Gasteiger partial charge is 0.282 e. The normalized spacial score (nSPS) is 14.6. The first-order valence-corrected chi connectivity index (χ1v) is 9.23. The quantitative estimate of drug-likeness (QED) is 0.536. The fraction of sp³-hybridized carbons (Fsp3) is 0.350. The first kappa shape index (κ1) is 20.4. The van der Waals surface area contributed by atoms with Crippen molar-refractivity contribution in [2.75, 3.05) is 32.7 Å². The fourth-order valence-electron chi connectivity index (χ4n) is 3.03. The SMILES string of the molecule is COc1cc([N+](=O)[O-])ccc1NC(=O)[C@@H](C)[NH+](C)Cc1ccc2c(c1)OCCO2. The van der Waals surface area contributed by atoms with Gasteiger partial charge in [-0.05, 0) is 31.2 Å². The van der Waals surface area contributed by atoms with Gasteiger partial charge >= 0.3 is 0 Å². The molecule has 0 fully saturated rings. The minimum Gasteiger partial charge on any atom is -0.494 e. The zero-order valence-corrected chi connectivity index (χ0v) is 16.6. The van der Waals surface area contributed by atoms with Gasteiger partial charge in [0.05, 0.1) is 30.8 Å². The number of rotatable bonds is 7. The number of quaternary nitrogens is 1. The maximum atomic E-state index is 12.7. The fourth-order valence-corrected chi connectivity index (χ4v) is 3.03. The van der Waals surface area contributed by atoms with Crippen LogP contribution in [0.4, 0.5) is 11.4 Å².